The van der Waals surface area contributed by atoms with Gasteiger partial charge in [0.1, 0.15) is 11.6 Å². The van der Waals surface area contributed by atoms with Crippen LogP contribution >= 0.6 is 0 Å². The number of halogens is 2. The van der Waals surface area contributed by atoms with E-state index >= 15 is 0 Å². The fourth-order valence-electron chi connectivity index (χ4n) is 4.31. The van der Waals surface area contributed by atoms with Crippen LogP contribution in [-0.4, -0.2) is 29.8 Å². The van der Waals surface area contributed by atoms with Gasteiger partial charge in [-0.3, -0.25) is 9.59 Å². The van der Waals surface area contributed by atoms with Gasteiger partial charge in [0.25, 0.3) is 5.91 Å². The smallest absolute Gasteiger partial charge is 0.256 e. The first-order valence-corrected chi connectivity index (χ1v) is 10.2. The van der Waals surface area contributed by atoms with Crippen molar-refractivity contribution in [1.82, 2.24) is 4.90 Å². The zero-order valence-electron chi connectivity index (χ0n) is 16.2. The minimum atomic E-state index is -0.858. The van der Waals surface area contributed by atoms with Gasteiger partial charge in [-0.1, -0.05) is 12.1 Å². The van der Waals surface area contributed by atoms with Crippen LogP contribution in [0.1, 0.15) is 47.2 Å². The lowest BCUT2D eigenvalue weighted by Crippen LogP contribution is -2.41. The van der Waals surface area contributed by atoms with Crippen LogP contribution in [0.4, 0.5) is 14.5 Å². The molecule has 0 unspecified atom stereocenters. The van der Waals surface area contributed by atoms with E-state index in [2.05, 4.69) is 11.4 Å². The Labute approximate surface area is 168 Å². The molecule has 29 heavy (non-hydrogen) atoms. The predicted octanol–water partition coefficient (Wildman–Crippen LogP) is 4.33. The van der Waals surface area contributed by atoms with E-state index in [1.807, 2.05) is 12.1 Å². The molecule has 2 amide bonds. The zero-order chi connectivity index (χ0) is 20.4. The number of likely N-dealkylation sites (tertiary alicyclic amines) is 1. The Morgan fingerprint density at radius 1 is 1.00 bits per heavy atom. The highest BCUT2D eigenvalue weighted by atomic mass is 19.1. The number of benzene rings is 2. The molecule has 4 nitrogen and oxygen atoms in total. The van der Waals surface area contributed by atoms with Crippen LogP contribution in [0, 0.1) is 17.6 Å². The molecule has 0 bridgehead atoms. The maximum Gasteiger partial charge on any atom is 0.256 e. The quantitative estimate of drug-likeness (QED) is 0.836. The van der Waals surface area contributed by atoms with Crippen LogP contribution in [0.5, 0.6) is 0 Å². The third kappa shape index (κ3) is 4.16. The van der Waals surface area contributed by atoms with Crippen LogP contribution < -0.4 is 5.32 Å². The molecule has 152 valence electrons. The minimum absolute atomic E-state index is 0.0240. The number of hydrogen-bond acceptors (Lipinski definition) is 2. The number of hydrogen-bond donors (Lipinski definition) is 1. The normalized spacial score (nSPS) is 17.0. The van der Waals surface area contributed by atoms with Crippen LogP contribution in [0.3, 0.4) is 0 Å². The molecule has 0 spiro atoms. The van der Waals surface area contributed by atoms with E-state index in [0.29, 0.717) is 32.0 Å². The van der Waals surface area contributed by atoms with E-state index in [-0.39, 0.29) is 17.4 Å². The van der Waals surface area contributed by atoms with Crippen molar-refractivity contribution in [3.8, 4) is 0 Å². The van der Waals surface area contributed by atoms with E-state index in [4.69, 9.17) is 0 Å². The van der Waals surface area contributed by atoms with Gasteiger partial charge >= 0.3 is 0 Å². The van der Waals surface area contributed by atoms with Crippen molar-refractivity contribution in [3.63, 3.8) is 0 Å². The Kier molecular flexibility index (Phi) is 5.60. The van der Waals surface area contributed by atoms with Gasteiger partial charge in [0.2, 0.25) is 5.91 Å². The summed E-state index contributed by atoms with van der Waals surface area (Å²) in [6.45, 7) is 0.751. The number of rotatable bonds is 3. The number of piperidine rings is 1. The second kappa shape index (κ2) is 8.31. The van der Waals surface area contributed by atoms with E-state index in [1.54, 1.807) is 0 Å². The molecular weight excluding hydrogens is 374 g/mol. The number of carbonyl (C=O) groups is 2. The molecule has 2 aromatic carbocycles. The van der Waals surface area contributed by atoms with Gasteiger partial charge in [-0.25, -0.2) is 8.78 Å². The molecular formula is C23H24F2N2O2. The highest BCUT2D eigenvalue weighted by Crippen LogP contribution is 2.29. The summed E-state index contributed by atoms with van der Waals surface area (Å²) in [4.78, 5) is 26.8. The number of aryl methyl sites for hydroxylation is 1. The standard InChI is InChI=1S/C23H24F2N2O2/c24-17-8-9-19(20(25)14-17)23(29)27-12-10-16(11-13-27)22(28)26-21-7-3-5-15-4-1-2-6-18(15)21/h3,5,7-9,14,16H,1-2,4,6,10-13H2,(H,26,28). The third-order valence-corrected chi connectivity index (χ3v) is 5.97. The third-order valence-electron chi connectivity index (χ3n) is 5.97. The fourth-order valence-corrected chi connectivity index (χ4v) is 4.31. The molecule has 1 aliphatic heterocycles. The summed E-state index contributed by atoms with van der Waals surface area (Å²) in [6, 6.07) is 9.04. The van der Waals surface area contributed by atoms with Gasteiger partial charge in [-0.2, -0.15) is 0 Å². The molecule has 1 N–H and O–H groups in total. The van der Waals surface area contributed by atoms with Crippen molar-refractivity contribution in [3.05, 3.63) is 64.7 Å². The highest BCUT2D eigenvalue weighted by molar-refractivity contribution is 5.96. The average Bonchev–Trinajstić information content (AvgIpc) is 2.74. The van der Waals surface area contributed by atoms with Gasteiger partial charge in [-0.05, 0) is 67.9 Å². The Balaban J connectivity index is 1.37. The summed E-state index contributed by atoms with van der Waals surface area (Å²) < 4.78 is 27.0. The Morgan fingerprint density at radius 3 is 2.52 bits per heavy atom. The molecule has 0 aromatic heterocycles. The summed E-state index contributed by atoms with van der Waals surface area (Å²) in [6.07, 6.45) is 5.41. The van der Waals surface area contributed by atoms with Crippen molar-refractivity contribution < 1.29 is 18.4 Å². The van der Waals surface area contributed by atoms with Crippen molar-refractivity contribution >= 4 is 17.5 Å². The SMILES string of the molecule is O=C(Nc1cccc2c1CCCC2)C1CCN(C(=O)c2ccc(F)cc2F)CC1. The average molecular weight is 398 g/mol. The summed E-state index contributed by atoms with van der Waals surface area (Å²) in [7, 11) is 0. The lowest BCUT2D eigenvalue weighted by molar-refractivity contribution is -0.121. The summed E-state index contributed by atoms with van der Waals surface area (Å²) >= 11 is 0. The molecule has 6 heteroatoms. The van der Waals surface area contributed by atoms with Crippen molar-refractivity contribution in [2.75, 3.05) is 18.4 Å². The number of carbonyl (C=O) groups excluding carboxylic acids is 2. The lowest BCUT2D eigenvalue weighted by Gasteiger charge is -2.31. The highest BCUT2D eigenvalue weighted by Gasteiger charge is 2.29. The number of amides is 2. The van der Waals surface area contributed by atoms with Crippen molar-refractivity contribution in [2.24, 2.45) is 5.92 Å². The summed E-state index contributed by atoms with van der Waals surface area (Å²) in [5, 5.41) is 3.09. The van der Waals surface area contributed by atoms with Crippen molar-refractivity contribution in [1.29, 1.82) is 0 Å². The van der Waals surface area contributed by atoms with Gasteiger partial charge in [-0.15, -0.1) is 0 Å². The number of nitrogens with zero attached hydrogens (tertiary/aromatic N) is 1. The first kappa shape index (κ1) is 19.6. The van der Waals surface area contributed by atoms with E-state index in [1.165, 1.54) is 28.5 Å². The zero-order valence-corrected chi connectivity index (χ0v) is 16.2. The van der Waals surface area contributed by atoms with Crippen LogP contribution in [-0.2, 0) is 17.6 Å². The molecule has 2 aliphatic rings. The minimum Gasteiger partial charge on any atom is -0.339 e. The van der Waals surface area contributed by atoms with E-state index < -0.39 is 17.5 Å². The molecule has 1 heterocycles. The lowest BCUT2D eigenvalue weighted by atomic mass is 9.90. The second-order valence-electron chi connectivity index (χ2n) is 7.83. The monoisotopic (exact) mass is 398 g/mol. The Hall–Kier alpha value is -2.76. The first-order valence-electron chi connectivity index (χ1n) is 10.2. The molecule has 1 aliphatic carbocycles. The van der Waals surface area contributed by atoms with E-state index in [0.717, 1.165) is 31.0 Å². The van der Waals surface area contributed by atoms with Gasteiger partial charge in [0.05, 0.1) is 5.56 Å². The van der Waals surface area contributed by atoms with Gasteiger partial charge < -0.3 is 10.2 Å². The maximum atomic E-state index is 13.9. The van der Waals surface area contributed by atoms with E-state index in [9.17, 15) is 18.4 Å². The van der Waals surface area contributed by atoms with Crippen molar-refractivity contribution in [2.45, 2.75) is 38.5 Å². The fraction of sp³-hybridized carbons (Fsp3) is 0.391. The van der Waals surface area contributed by atoms with Gasteiger partial charge in [0.15, 0.2) is 0 Å². The molecule has 0 saturated carbocycles. The Morgan fingerprint density at radius 2 is 1.76 bits per heavy atom. The Bertz CT molecular complexity index is 936. The molecule has 0 radical (unpaired) electrons. The van der Waals surface area contributed by atoms with Crippen LogP contribution in [0.15, 0.2) is 36.4 Å². The number of fused-ring (bicyclic) bond motifs is 1. The molecule has 1 saturated heterocycles. The molecule has 0 atom stereocenters. The van der Waals surface area contributed by atoms with Crippen LogP contribution in [0.2, 0.25) is 0 Å². The van der Waals surface area contributed by atoms with Crippen LogP contribution in [0.25, 0.3) is 0 Å². The van der Waals surface area contributed by atoms with Gasteiger partial charge in [0, 0.05) is 30.8 Å². The molecule has 4 rings (SSSR count). The number of anilines is 1. The number of nitrogens with one attached hydrogen (secondary N) is 1. The largest absolute Gasteiger partial charge is 0.339 e. The molecule has 2 aromatic rings. The maximum absolute atomic E-state index is 13.9. The first-order chi connectivity index (χ1) is 14.0. The summed E-state index contributed by atoms with van der Waals surface area (Å²) in [5.74, 6) is -2.24. The predicted molar refractivity (Wildman–Crippen MR) is 107 cm³/mol. The second-order valence-corrected chi connectivity index (χ2v) is 7.83. The molecule has 1 fully saturated rings. The topological polar surface area (TPSA) is 49.4 Å². The summed E-state index contributed by atoms with van der Waals surface area (Å²) in [5.41, 5.74) is 3.33.